The van der Waals surface area contributed by atoms with Gasteiger partial charge in [-0.1, -0.05) is 6.07 Å². The summed E-state index contributed by atoms with van der Waals surface area (Å²) in [7, 11) is 1.99. The van der Waals surface area contributed by atoms with Gasteiger partial charge in [-0.2, -0.15) is 4.98 Å². The summed E-state index contributed by atoms with van der Waals surface area (Å²) in [6.07, 6.45) is 9.88. The van der Waals surface area contributed by atoms with E-state index >= 15 is 0 Å². The van der Waals surface area contributed by atoms with Crippen molar-refractivity contribution in [3.05, 3.63) is 35.5 Å². The molecule has 0 saturated heterocycles. The van der Waals surface area contributed by atoms with E-state index in [0.29, 0.717) is 12.0 Å². The lowest BCUT2D eigenvalue weighted by atomic mass is 9.92. The molecular formula is C20H27N7. The molecule has 0 radical (unpaired) electrons. The van der Waals surface area contributed by atoms with Crippen LogP contribution in [-0.2, 0) is 12.8 Å². The highest BCUT2D eigenvalue weighted by molar-refractivity contribution is 5.77. The summed E-state index contributed by atoms with van der Waals surface area (Å²) >= 11 is 0. The van der Waals surface area contributed by atoms with Gasteiger partial charge in [0.05, 0.1) is 11.9 Å². The van der Waals surface area contributed by atoms with Gasteiger partial charge in [-0.15, -0.1) is 5.53 Å². The lowest BCUT2D eigenvalue weighted by molar-refractivity contribution is 0.408. The molecule has 2 heterocycles. The van der Waals surface area contributed by atoms with Crippen LogP contribution in [-0.4, -0.2) is 29.1 Å². The molecule has 0 amide bonds. The molecule has 5 rings (SSSR count). The zero-order valence-electron chi connectivity index (χ0n) is 15.8. The van der Waals surface area contributed by atoms with E-state index in [1.54, 1.807) is 0 Å². The van der Waals surface area contributed by atoms with E-state index in [4.69, 9.17) is 10.7 Å². The molecule has 1 saturated carbocycles. The highest BCUT2D eigenvalue weighted by atomic mass is 15.8. The molecule has 27 heavy (non-hydrogen) atoms. The van der Waals surface area contributed by atoms with Crippen LogP contribution in [0.2, 0.25) is 0 Å². The fourth-order valence-corrected chi connectivity index (χ4v) is 4.51. The van der Waals surface area contributed by atoms with Crippen LogP contribution in [0.25, 0.3) is 0 Å². The van der Waals surface area contributed by atoms with E-state index in [0.717, 1.165) is 49.3 Å². The van der Waals surface area contributed by atoms with E-state index in [9.17, 15) is 0 Å². The fraction of sp³-hybridized carbons (Fsp3) is 0.500. The van der Waals surface area contributed by atoms with E-state index in [2.05, 4.69) is 34.0 Å². The van der Waals surface area contributed by atoms with Crippen LogP contribution in [0, 0.1) is 0 Å². The molecule has 142 valence electrons. The zero-order valence-corrected chi connectivity index (χ0v) is 15.8. The number of rotatable bonds is 3. The van der Waals surface area contributed by atoms with Crippen LogP contribution in [0.3, 0.4) is 0 Å². The molecule has 2 aromatic rings. The Hall–Kier alpha value is -2.38. The van der Waals surface area contributed by atoms with Crippen molar-refractivity contribution in [2.75, 3.05) is 22.4 Å². The van der Waals surface area contributed by atoms with Crippen LogP contribution < -0.4 is 26.6 Å². The van der Waals surface area contributed by atoms with Gasteiger partial charge in [0.25, 0.3) is 0 Å². The van der Waals surface area contributed by atoms with Gasteiger partial charge in [0.2, 0.25) is 5.95 Å². The van der Waals surface area contributed by atoms with Gasteiger partial charge in [-0.3, -0.25) is 5.01 Å². The van der Waals surface area contributed by atoms with Crippen molar-refractivity contribution in [3.63, 3.8) is 0 Å². The summed E-state index contributed by atoms with van der Waals surface area (Å²) in [6.45, 7) is 0. The molecule has 7 heteroatoms. The van der Waals surface area contributed by atoms with Crippen LogP contribution >= 0.6 is 0 Å². The van der Waals surface area contributed by atoms with Crippen molar-refractivity contribution in [1.29, 1.82) is 0 Å². The average Bonchev–Trinajstić information content (AvgIpc) is 3.25. The maximum Gasteiger partial charge on any atom is 0.225 e. The lowest BCUT2D eigenvalue weighted by Gasteiger charge is -2.27. The van der Waals surface area contributed by atoms with Gasteiger partial charge < -0.3 is 11.1 Å². The monoisotopic (exact) mass is 365 g/mol. The summed E-state index contributed by atoms with van der Waals surface area (Å²) in [4.78, 5) is 9.37. The largest absolute Gasteiger partial charge is 0.351 e. The smallest absolute Gasteiger partial charge is 0.225 e. The normalized spacial score (nSPS) is 24.1. The third-order valence-corrected chi connectivity index (χ3v) is 5.96. The molecule has 0 spiro atoms. The number of nitrogens with one attached hydrogen (secondary N) is 2. The Kier molecular flexibility index (Phi) is 4.13. The second kappa shape index (κ2) is 6.65. The van der Waals surface area contributed by atoms with E-state index in [1.807, 2.05) is 23.3 Å². The Bertz CT molecular complexity index is 852. The van der Waals surface area contributed by atoms with Crippen molar-refractivity contribution in [1.82, 2.24) is 15.5 Å². The number of aromatic nitrogens is 2. The van der Waals surface area contributed by atoms with Gasteiger partial charge in [0, 0.05) is 19.1 Å². The number of nitrogens with zero attached hydrogens (tertiary/aromatic N) is 4. The molecule has 1 aromatic heterocycles. The van der Waals surface area contributed by atoms with E-state index in [-0.39, 0.29) is 6.04 Å². The maximum absolute atomic E-state index is 6.12. The predicted octanol–water partition coefficient (Wildman–Crippen LogP) is 2.65. The number of anilines is 4. The highest BCUT2D eigenvalue weighted by Gasteiger charge is 2.29. The number of fused-ring (bicyclic) bond motifs is 2. The standard InChI is InChI=1S/C20H27N7/c1-26-18-12-22-20(23-16-7-3-6-15(21)11-16)24-19(18)27(25-26)17-9-8-13-4-2-5-14(13)10-17/h8-10,12,15-16,25H,2-7,11,21H2,1H3,(H,22,23,24). The average molecular weight is 365 g/mol. The summed E-state index contributed by atoms with van der Waals surface area (Å²) in [5.41, 5.74) is 14.5. The Morgan fingerprint density at radius 1 is 1.19 bits per heavy atom. The number of hydrogen-bond donors (Lipinski definition) is 3. The van der Waals surface area contributed by atoms with Crippen molar-refractivity contribution in [2.24, 2.45) is 5.73 Å². The van der Waals surface area contributed by atoms with Gasteiger partial charge in [0.15, 0.2) is 5.82 Å². The fourth-order valence-electron chi connectivity index (χ4n) is 4.51. The second-order valence-electron chi connectivity index (χ2n) is 7.97. The number of hydrazine groups is 2. The van der Waals surface area contributed by atoms with Crippen LogP contribution in [0.5, 0.6) is 0 Å². The first-order valence-corrected chi connectivity index (χ1v) is 9.98. The molecule has 2 atom stereocenters. The molecule has 7 nitrogen and oxygen atoms in total. The zero-order chi connectivity index (χ0) is 18.4. The Labute approximate surface area is 159 Å². The highest BCUT2D eigenvalue weighted by Crippen LogP contribution is 2.37. The third kappa shape index (κ3) is 3.11. The minimum atomic E-state index is 0.279. The van der Waals surface area contributed by atoms with Crippen LogP contribution in [0.1, 0.15) is 43.2 Å². The summed E-state index contributed by atoms with van der Waals surface area (Å²) < 4.78 is 0. The number of benzene rings is 1. The SMILES string of the molecule is CN1NN(c2ccc3c(c2)CCC3)c2nc(NC3CCCC(N)C3)ncc21. The van der Waals surface area contributed by atoms with Crippen molar-refractivity contribution in [3.8, 4) is 0 Å². The Morgan fingerprint density at radius 3 is 2.96 bits per heavy atom. The first-order valence-electron chi connectivity index (χ1n) is 9.98. The maximum atomic E-state index is 6.12. The van der Waals surface area contributed by atoms with Crippen molar-refractivity contribution >= 4 is 23.1 Å². The number of hydrogen-bond acceptors (Lipinski definition) is 7. The molecule has 4 N–H and O–H groups in total. The second-order valence-corrected chi connectivity index (χ2v) is 7.97. The Morgan fingerprint density at radius 2 is 2.07 bits per heavy atom. The third-order valence-electron chi connectivity index (χ3n) is 5.96. The molecule has 1 aromatic carbocycles. The van der Waals surface area contributed by atoms with Gasteiger partial charge in [-0.25, -0.2) is 9.99 Å². The first-order chi connectivity index (χ1) is 13.2. The lowest BCUT2D eigenvalue weighted by Crippen LogP contribution is -2.39. The number of nitrogens with two attached hydrogens (primary N) is 1. The topological polar surface area (TPSA) is 82.3 Å². The summed E-state index contributed by atoms with van der Waals surface area (Å²) in [5, 5.41) is 7.50. The molecule has 1 fully saturated rings. The molecule has 1 aliphatic heterocycles. The van der Waals surface area contributed by atoms with Gasteiger partial charge in [-0.05, 0) is 68.2 Å². The number of aryl methyl sites for hydroxylation is 2. The summed E-state index contributed by atoms with van der Waals surface area (Å²) in [5.74, 6) is 1.56. The van der Waals surface area contributed by atoms with Crippen LogP contribution in [0.15, 0.2) is 24.4 Å². The quantitative estimate of drug-likeness (QED) is 0.771. The van der Waals surface area contributed by atoms with E-state index in [1.165, 1.54) is 24.0 Å². The Balaban J connectivity index is 1.43. The van der Waals surface area contributed by atoms with E-state index < -0.39 is 0 Å². The minimum absolute atomic E-state index is 0.279. The van der Waals surface area contributed by atoms with Gasteiger partial charge in [0.1, 0.15) is 5.69 Å². The summed E-state index contributed by atoms with van der Waals surface area (Å²) in [6, 6.07) is 7.35. The molecule has 2 aliphatic carbocycles. The molecule has 2 unspecified atom stereocenters. The van der Waals surface area contributed by atoms with Gasteiger partial charge >= 0.3 is 0 Å². The molecule has 0 bridgehead atoms. The van der Waals surface area contributed by atoms with Crippen LogP contribution in [0.4, 0.5) is 23.1 Å². The minimum Gasteiger partial charge on any atom is -0.351 e. The van der Waals surface area contributed by atoms with Crippen molar-refractivity contribution < 1.29 is 0 Å². The molecule has 3 aliphatic rings. The first kappa shape index (κ1) is 16.8. The van der Waals surface area contributed by atoms with Crippen molar-refractivity contribution in [2.45, 2.75) is 57.0 Å². The molecular weight excluding hydrogens is 338 g/mol. The predicted molar refractivity (Wildman–Crippen MR) is 108 cm³/mol.